The highest BCUT2D eigenvalue weighted by Crippen LogP contribution is 2.37. The lowest BCUT2D eigenvalue weighted by atomic mass is 10.0. The number of carbonyl (C=O) groups excluding carboxylic acids is 1. The average Bonchev–Trinajstić information content (AvgIpc) is 3.75. The predicted octanol–water partition coefficient (Wildman–Crippen LogP) is 7.30. The van der Waals surface area contributed by atoms with Gasteiger partial charge in [0.15, 0.2) is 0 Å². The smallest absolute Gasteiger partial charge is 0.255 e. The van der Waals surface area contributed by atoms with E-state index in [9.17, 15) is 14.4 Å². The Labute approximate surface area is 268 Å². The number of nitrogens with zero attached hydrogens (tertiary/aromatic N) is 7. The van der Waals surface area contributed by atoms with Crippen LogP contribution in [0.5, 0.6) is 0 Å². The Bertz CT molecular complexity index is 1950. The molecule has 1 unspecified atom stereocenters. The van der Waals surface area contributed by atoms with Gasteiger partial charge in [-0.2, -0.15) is 5.26 Å². The molecule has 1 fully saturated rings. The molecule has 1 amide bonds. The van der Waals surface area contributed by atoms with Crippen molar-refractivity contribution in [3.05, 3.63) is 99.4 Å². The van der Waals surface area contributed by atoms with E-state index in [1.54, 1.807) is 23.1 Å². The van der Waals surface area contributed by atoms with Crippen molar-refractivity contribution in [2.24, 2.45) is 0 Å². The monoisotopic (exact) mass is 643 g/mol. The van der Waals surface area contributed by atoms with Gasteiger partial charge in [-0.25, -0.2) is 9.07 Å². The van der Waals surface area contributed by atoms with Crippen LogP contribution in [-0.2, 0) is 0 Å². The molecule has 0 aliphatic carbocycles. The summed E-state index contributed by atoms with van der Waals surface area (Å²) in [6, 6.07) is 11.2. The molecule has 10 nitrogen and oxygen atoms in total. The number of nitriles is 1. The van der Waals surface area contributed by atoms with Gasteiger partial charge in [-0.15, -0.1) is 5.10 Å². The van der Waals surface area contributed by atoms with E-state index in [2.05, 4.69) is 37.0 Å². The summed E-state index contributed by atoms with van der Waals surface area (Å²) in [5.41, 5.74) is 4.01. The molecule has 5 aromatic rings. The predicted molar refractivity (Wildman–Crippen MR) is 171 cm³/mol. The Morgan fingerprint density at radius 1 is 1.04 bits per heavy atom. The fraction of sp³-hybridized carbons (Fsp3) is 0.250. The third kappa shape index (κ3) is 6.25. The molecule has 0 bridgehead atoms. The number of likely N-dealkylation sites (tertiary alicyclic amines) is 1. The van der Waals surface area contributed by atoms with E-state index in [0.29, 0.717) is 49.8 Å². The van der Waals surface area contributed by atoms with Crippen LogP contribution in [0, 0.1) is 17.1 Å². The van der Waals surface area contributed by atoms with Gasteiger partial charge >= 0.3 is 0 Å². The average molecular weight is 645 g/mol. The molecule has 13 heteroatoms. The molecular weight excluding hydrogens is 616 g/mol. The van der Waals surface area contributed by atoms with Gasteiger partial charge in [-0.05, 0) is 68.7 Å². The SMILES string of the molecule is CC(C)n1cc(C(Nc2cc(Cl)c3ncc(C#N)c(Nc4ccc(F)c(Cl)c4)c3c2)c2cncc(C(=O)N3CCCC3)c2)nn1. The van der Waals surface area contributed by atoms with Crippen LogP contribution in [-0.4, -0.2) is 48.9 Å². The summed E-state index contributed by atoms with van der Waals surface area (Å²) in [5.74, 6) is -0.620. The van der Waals surface area contributed by atoms with Crippen LogP contribution in [0.15, 0.2) is 61.2 Å². The molecule has 0 radical (unpaired) electrons. The number of halogens is 3. The molecule has 4 heterocycles. The molecule has 1 aliphatic rings. The number of amides is 1. The lowest BCUT2D eigenvalue weighted by Crippen LogP contribution is -2.28. The molecule has 45 heavy (non-hydrogen) atoms. The fourth-order valence-electron chi connectivity index (χ4n) is 5.29. The quantitative estimate of drug-likeness (QED) is 0.180. The van der Waals surface area contributed by atoms with Crippen LogP contribution in [0.4, 0.5) is 21.5 Å². The van der Waals surface area contributed by atoms with E-state index in [-0.39, 0.29) is 22.5 Å². The molecule has 1 atom stereocenters. The van der Waals surface area contributed by atoms with Gasteiger partial charge in [0.1, 0.15) is 17.6 Å². The Morgan fingerprint density at radius 2 is 1.82 bits per heavy atom. The lowest BCUT2D eigenvalue weighted by molar-refractivity contribution is 0.0792. The molecule has 0 saturated carbocycles. The second-order valence-electron chi connectivity index (χ2n) is 11.1. The minimum Gasteiger partial charge on any atom is -0.373 e. The number of fused-ring (bicyclic) bond motifs is 1. The van der Waals surface area contributed by atoms with Crippen molar-refractivity contribution in [1.82, 2.24) is 29.9 Å². The second-order valence-corrected chi connectivity index (χ2v) is 11.9. The van der Waals surface area contributed by atoms with Crippen LogP contribution in [0.3, 0.4) is 0 Å². The molecular formula is C32H28Cl2FN9O. The van der Waals surface area contributed by atoms with Crippen molar-refractivity contribution in [2.45, 2.75) is 38.8 Å². The topological polar surface area (TPSA) is 125 Å². The highest BCUT2D eigenvalue weighted by atomic mass is 35.5. The normalized spacial score (nSPS) is 13.7. The fourth-order valence-corrected chi connectivity index (χ4v) is 5.73. The molecule has 2 N–H and O–H groups in total. The standard InChI is InChI=1S/C32H28Cl2FN9O/c1-18(2)44-17-28(41-42-44)30(19-9-20(15-37-14-19)32(45)43-7-3-4-8-43)40-23-10-24-29(39-22-5-6-27(35)25(33)11-22)21(13-36)16-38-31(24)26(34)12-23/h5-6,9-12,14-18,30,40H,3-4,7-8H2,1-2H3,(H,38,39). The van der Waals surface area contributed by atoms with Crippen molar-refractivity contribution >= 4 is 57.1 Å². The minimum atomic E-state index is -0.565. The zero-order chi connectivity index (χ0) is 31.7. The first-order valence-corrected chi connectivity index (χ1v) is 15.1. The summed E-state index contributed by atoms with van der Waals surface area (Å²) in [4.78, 5) is 23.9. The highest BCUT2D eigenvalue weighted by Gasteiger charge is 2.24. The summed E-state index contributed by atoms with van der Waals surface area (Å²) in [7, 11) is 0. The first kappa shape index (κ1) is 30.2. The van der Waals surface area contributed by atoms with Crippen molar-refractivity contribution in [1.29, 1.82) is 5.26 Å². The van der Waals surface area contributed by atoms with Crippen LogP contribution in [0.25, 0.3) is 10.9 Å². The van der Waals surface area contributed by atoms with Crippen LogP contribution < -0.4 is 10.6 Å². The summed E-state index contributed by atoms with van der Waals surface area (Å²) in [5, 5.41) is 26.2. The van der Waals surface area contributed by atoms with Crippen molar-refractivity contribution in [2.75, 3.05) is 23.7 Å². The number of pyridine rings is 2. The Balaban J connectivity index is 1.43. The van der Waals surface area contributed by atoms with Gasteiger partial charge in [0.2, 0.25) is 0 Å². The first-order chi connectivity index (χ1) is 21.7. The van der Waals surface area contributed by atoms with E-state index < -0.39 is 11.9 Å². The lowest BCUT2D eigenvalue weighted by Gasteiger charge is -2.21. The number of nitrogens with one attached hydrogen (secondary N) is 2. The first-order valence-electron chi connectivity index (χ1n) is 14.4. The molecule has 6 rings (SSSR count). The number of hydrogen-bond donors (Lipinski definition) is 2. The summed E-state index contributed by atoms with van der Waals surface area (Å²) in [6.45, 7) is 5.46. The van der Waals surface area contributed by atoms with Crippen molar-refractivity contribution < 1.29 is 9.18 Å². The third-order valence-corrected chi connectivity index (χ3v) is 8.21. The molecule has 1 aliphatic heterocycles. The van der Waals surface area contributed by atoms with Gasteiger partial charge in [-0.1, -0.05) is 28.4 Å². The molecule has 2 aromatic carbocycles. The van der Waals surface area contributed by atoms with E-state index >= 15 is 0 Å². The molecule has 3 aromatic heterocycles. The highest BCUT2D eigenvalue weighted by molar-refractivity contribution is 6.36. The Hall–Kier alpha value is -4.79. The van der Waals surface area contributed by atoms with E-state index in [1.807, 2.05) is 37.1 Å². The number of aromatic nitrogens is 5. The maximum atomic E-state index is 13.9. The van der Waals surface area contributed by atoms with E-state index in [0.717, 1.165) is 25.9 Å². The van der Waals surface area contributed by atoms with Gasteiger partial charge in [-0.3, -0.25) is 14.8 Å². The van der Waals surface area contributed by atoms with Crippen LogP contribution >= 0.6 is 23.2 Å². The summed E-state index contributed by atoms with van der Waals surface area (Å²) < 4.78 is 15.6. The minimum absolute atomic E-state index is 0.0615. The number of benzene rings is 2. The Kier molecular flexibility index (Phi) is 8.52. The molecule has 228 valence electrons. The van der Waals surface area contributed by atoms with Crippen molar-refractivity contribution in [3.8, 4) is 6.07 Å². The zero-order valence-electron chi connectivity index (χ0n) is 24.4. The van der Waals surface area contributed by atoms with E-state index in [4.69, 9.17) is 23.2 Å². The van der Waals surface area contributed by atoms with Crippen LogP contribution in [0.2, 0.25) is 10.0 Å². The van der Waals surface area contributed by atoms with Gasteiger partial charge in [0.25, 0.3) is 5.91 Å². The van der Waals surface area contributed by atoms with E-state index in [1.165, 1.54) is 24.4 Å². The Morgan fingerprint density at radius 3 is 2.53 bits per heavy atom. The number of rotatable bonds is 8. The summed E-state index contributed by atoms with van der Waals surface area (Å²) in [6.07, 6.45) is 8.51. The third-order valence-electron chi connectivity index (χ3n) is 7.63. The summed E-state index contributed by atoms with van der Waals surface area (Å²) >= 11 is 12.8. The van der Waals surface area contributed by atoms with Crippen LogP contribution in [0.1, 0.15) is 66.0 Å². The maximum absolute atomic E-state index is 13.9. The van der Waals surface area contributed by atoms with Gasteiger partial charge < -0.3 is 15.5 Å². The largest absolute Gasteiger partial charge is 0.373 e. The molecule has 0 spiro atoms. The number of anilines is 3. The van der Waals surface area contributed by atoms with Gasteiger partial charge in [0.05, 0.1) is 44.6 Å². The van der Waals surface area contributed by atoms with Gasteiger partial charge in [0, 0.05) is 54.5 Å². The number of hydrogen-bond acceptors (Lipinski definition) is 8. The maximum Gasteiger partial charge on any atom is 0.255 e. The zero-order valence-corrected chi connectivity index (χ0v) is 25.9. The number of carbonyl (C=O) groups is 1. The molecule has 1 saturated heterocycles. The van der Waals surface area contributed by atoms with Crippen molar-refractivity contribution in [3.63, 3.8) is 0 Å². The second kappa shape index (κ2) is 12.7.